The third-order valence-corrected chi connectivity index (χ3v) is 6.90. The van der Waals surface area contributed by atoms with Gasteiger partial charge in [0.1, 0.15) is 0 Å². The van der Waals surface area contributed by atoms with Crippen LogP contribution in [0.15, 0.2) is 36.5 Å². The number of fused-ring (bicyclic) bond motifs is 2. The average molecular weight is 337 g/mol. The van der Waals surface area contributed by atoms with Crippen LogP contribution < -0.4 is 5.32 Å². The Hall–Kier alpha value is -2.10. The Morgan fingerprint density at radius 1 is 1.24 bits per heavy atom. The molecule has 1 aromatic carbocycles. The minimum atomic E-state index is 0.00269. The van der Waals surface area contributed by atoms with Gasteiger partial charge in [0, 0.05) is 18.7 Å². The summed E-state index contributed by atoms with van der Waals surface area (Å²) in [6, 6.07) is 10.3. The van der Waals surface area contributed by atoms with Gasteiger partial charge in [-0.25, -0.2) is 0 Å². The lowest BCUT2D eigenvalue weighted by Gasteiger charge is -2.62. The number of benzene rings is 1. The first-order valence-corrected chi connectivity index (χ1v) is 9.28. The number of hydrogen-bond donors (Lipinski definition) is 1. The number of amides is 1. The van der Waals surface area contributed by atoms with Crippen LogP contribution in [0, 0.1) is 23.2 Å². The van der Waals surface area contributed by atoms with Crippen molar-refractivity contribution in [1.29, 1.82) is 0 Å². The van der Waals surface area contributed by atoms with Crippen LogP contribution in [0.4, 0.5) is 0 Å². The van der Waals surface area contributed by atoms with E-state index in [1.807, 2.05) is 37.4 Å². The lowest BCUT2D eigenvalue weighted by molar-refractivity contribution is -0.113. The molecule has 0 unspecified atom stereocenters. The van der Waals surface area contributed by atoms with Crippen molar-refractivity contribution in [2.24, 2.45) is 30.2 Å². The smallest absolute Gasteiger partial charge is 0.255 e. The van der Waals surface area contributed by atoms with Gasteiger partial charge in [-0.1, -0.05) is 51.1 Å². The maximum Gasteiger partial charge on any atom is 0.255 e. The maximum atomic E-state index is 13.0. The normalized spacial score (nSPS) is 29.8. The summed E-state index contributed by atoms with van der Waals surface area (Å²) in [5, 5.41) is 7.64. The van der Waals surface area contributed by atoms with Crippen LogP contribution in [-0.2, 0) is 7.05 Å². The summed E-state index contributed by atoms with van der Waals surface area (Å²) in [5.41, 5.74) is 3.00. The van der Waals surface area contributed by atoms with E-state index in [2.05, 4.69) is 31.2 Å². The van der Waals surface area contributed by atoms with Gasteiger partial charge in [0.15, 0.2) is 0 Å². The largest absolute Gasteiger partial charge is 0.349 e. The molecule has 1 heterocycles. The second-order valence-corrected chi connectivity index (χ2v) is 8.43. The summed E-state index contributed by atoms with van der Waals surface area (Å²) < 4.78 is 1.79. The number of nitrogens with one attached hydrogen (secondary N) is 1. The maximum absolute atomic E-state index is 13.0. The molecule has 2 bridgehead atoms. The Labute approximate surface area is 149 Å². The Morgan fingerprint density at radius 2 is 1.96 bits per heavy atom. The van der Waals surface area contributed by atoms with Crippen LogP contribution >= 0.6 is 0 Å². The molecule has 4 atom stereocenters. The van der Waals surface area contributed by atoms with Gasteiger partial charge in [-0.2, -0.15) is 5.10 Å². The average Bonchev–Trinajstić information content (AvgIpc) is 2.98. The van der Waals surface area contributed by atoms with E-state index in [-0.39, 0.29) is 11.9 Å². The second-order valence-electron chi connectivity index (χ2n) is 8.43. The first-order valence-electron chi connectivity index (χ1n) is 9.28. The van der Waals surface area contributed by atoms with E-state index >= 15 is 0 Å². The third kappa shape index (κ3) is 2.50. The van der Waals surface area contributed by atoms with Gasteiger partial charge in [-0.05, 0) is 36.0 Å². The molecular formula is C21H27N3O. The topological polar surface area (TPSA) is 46.9 Å². The molecule has 3 saturated carbocycles. The van der Waals surface area contributed by atoms with Crippen molar-refractivity contribution in [2.45, 2.75) is 39.7 Å². The molecule has 5 rings (SSSR count). The Morgan fingerprint density at radius 3 is 2.60 bits per heavy atom. The minimum absolute atomic E-state index is 0.00269. The first kappa shape index (κ1) is 16.4. The van der Waals surface area contributed by atoms with E-state index in [0.29, 0.717) is 16.9 Å². The molecule has 0 spiro atoms. The number of carbonyl (C=O) groups is 1. The van der Waals surface area contributed by atoms with Crippen LogP contribution in [-0.4, -0.2) is 21.7 Å². The molecule has 0 radical (unpaired) electrons. The van der Waals surface area contributed by atoms with E-state index in [4.69, 9.17) is 0 Å². The molecule has 0 aliphatic heterocycles. The fourth-order valence-electron chi connectivity index (χ4n) is 5.13. The Kier molecular flexibility index (Phi) is 3.75. The number of hydrogen-bond acceptors (Lipinski definition) is 2. The number of carbonyl (C=O) groups excluding carboxylic acids is 1. The molecule has 25 heavy (non-hydrogen) atoms. The standard InChI is InChI=1S/C21H27N3O/c1-13-17-10-15(21(17,2)3)11-18(13)23-20(25)16-12-22-24(4)19(16)14-8-6-5-7-9-14/h5-9,12-13,15,17-18H,10-11H2,1-4H3,(H,23,25)/t13-,15+,17-,18-/m1/s1. The fraction of sp³-hybridized carbons (Fsp3) is 0.524. The summed E-state index contributed by atoms with van der Waals surface area (Å²) >= 11 is 0. The van der Waals surface area contributed by atoms with Crippen LogP contribution in [0.1, 0.15) is 44.0 Å². The van der Waals surface area contributed by atoms with Gasteiger partial charge < -0.3 is 5.32 Å². The molecule has 3 fully saturated rings. The second kappa shape index (κ2) is 5.72. The molecule has 1 N–H and O–H groups in total. The molecule has 1 aromatic heterocycles. The zero-order chi connectivity index (χ0) is 17.8. The molecule has 3 aliphatic rings. The molecule has 3 aliphatic carbocycles. The van der Waals surface area contributed by atoms with Crippen LogP contribution in [0.3, 0.4) is 0 Å². The predicted octanol–water partition coefficient (Wildman–Crippen LogP) is 3.89. The number of nitrogens with zero attached hydrogens (tertiary/aromatic N) is 2. The molecule has 2 aromatic rings. The highest BCUT2D eigenvalue weighted by molar-refractivity contribution is 6.00. The van der Waals surface area contributed by atoms with Crippen molar-refractivity contribution in [2.75, 3.05) is 0 Å². The van der Waals surface area contributed by atoms with E-state index in [1.54, 1.807) is 10.9 Å². The highest BCUT2D eigenvalue weighted by Crippen LogP contribution is 2.61. The molecule has 4 nitrogen and oxygen atoms in total. The van der Waals surface area contributed by atoms with Crippen molar-refractivity contribution in [3.05, 3.63) is 42.1 Å². The van der Waals surface area contributed by atoms with Crippen LogP contribution in [0.2, 0.25) is 0 Å². The zero-order valence-corrected chi connectivity index (χ0v) is 15.5. The molecule has 132 valence electrons. The zero-order valence-electron chi connectivity index (χ0n) is 15.5. The summed E-state index contributed by atoms with van der Waals surface area (Å²) in [5.74, 6) is 1.99. The molecule has 1 amide bonds. The Balaban J connectivity index is 1.56. The van der Waals surface area contributed by atoms with Gasteiger partial charge in [0.25, 0.3) is 5.91 Å². The Bertz CT molecular complexity index is 793. The monoisotopic (exact) mass is 337 g/mol. The van der Waals surface area contributed by atoms with Gasteiger partial charge in [-0.3, -0.25) is 9.48 Å². The van der Waals surface area contributed by atoms with Crippen molar-refractivity contribution in [1.82, 2.24) is 15.1 Å². The van der Waals surface area contributed by atoms with Crippen molar-refractivity contribution in [3.8, 4) is 11.3 Å². The summed E-state index contributed by atoms with van der Waals surface area (Å²) in [6.45, 7) is 7.07. The van der Waals surface area contributed by atoms with Crippen LogP contribution in [0.5, 0.6) is 0 Å². The summed E-state index contributed by atoms with van der Waals surface area (Å²) in [6.07, 6.45) is 4.11. The van der Waals surface area contributed by atoms with E-state index in [0.717, 1.165) is 29.5 Å². The number of aryl methyl sites for hydroxylation is 1. The summed E-state index contributed by atoms with van der Waals surface area (Å²) in [7, 11) is 1.89. The van der Waals surface area contributed by atoms with Gasteiger partial charge in [0.2, 0.25) is 0 Å². The lowest BCUT2D eigenvalue weighted by Crippen LogP contribution is -2.60. The van der Waals surface area contributed by atoms with Crippen molar-refractivity contribution in [3.63, 3.8) is 0 Å². The first-order chi connectivity index (χ1) is 11.9. The van der Waals surface area contributed by atoms with Crippen molar-refractivity contribution >= 4 is 5.91 Å². The fourth-order valence-corrected chi connectivity index (χ4v) is 5.13. The third-order valence-electron chi connectivity index (χ3n) is 6.90. The highest BCUT2D eigenvalue weighted by atomic mass is 16.1. The predicted molar refractivity (Wildman–Crippen MR) is 99.1 cm³/mol. The highest BCUT2D eigenvalue weighted by Gasteiger charge is 2.56. The van der Waals surface area contributed by atoms with Gasteiger partial charge in [0.05, 0.1) is 17.5 Å². The van der Waals surface area contributed by atoms with E-state index in [9.17, 15) is 4.79 Å². The lowest BCUT2D eigenvalue weighted by atomic mass is 9.45. The number of aromatic nitrogens is 2. The molecular weight excluding hydrogens is 310 g/mol. The molecule has 0 saturated heterocycles. The summed E-state index contributed by atoms with van der Waals surface area (Å²) in [4.78, 5) is 13.0. The van der Waals surface area contributed by atoms with Crippen molar-refractivity contribution < 1.29 is 4.79 Å². The minimum Gasteiger partial charge on any atom is -0.349 e. The van der Waals surface area contributed by atoms with Gasteiger partial charge >= 0.3 is 0 Å². The quantitative estimate of drug-likeness (QED) is 0.924. The molecule has 4 heteroatoms. The van der Waals surface area contributed by atoms with Crippen LogP contribution in [0.25, 0.3) is 11.3 Å². The SMILES string of the molecule is C[C@@H]1[C@H]2C[C@@H](C[C@H]1NC(=O)c1cnn(C)c1-c1ccccc1)C2(C)C. The van der Waals surface area contributed by atoms with Gasteiger partial charge in [-0.15, -0.1) is 0 Å². The number of rotatable bonds is 3. The van der Waals surface area contributed by atoms with E-state index in [1.165, 1.54) is 6.42 Å². The van der Waals surface area contributed by atoms with E-state index < -0.39 is 0 Å².